The minimum Gasteiger partial charge on any atom is -0.331 e. The van der Waals surface area contributed by atoms with Crippen LogP contribution in [0, 0.1) is 6.92 Å². The van der Waals surface area contributed by atoms with Gasteiger partial charge in [0.15, 0.2) is 0 Å². The van der Waals surface area contributed by atoms with Gasteiger partial charge in [-0.25, -0.2) is 4.98 Å². The molecule has 1 amide bonds. The predicted molar refractivity (Wildman–Crippen MR) is 116 cm³/mol. The molecule has 0 saturated carbocycles. The minimum atomic E-state index is -0.0614. The molecule has 1 aromatic heterocycles. The monoisotopic (exact) mass is 420 g/mol. The molecule has 0 aliphatic heterocycles. The zero-order chi connectivity index (χ0) is 19.4. The number of carbonyl (C=O) groups is 1. The Bertz CT molecular complexity index is 999. The van der Waals surface area contributed by atoms with E-state index in [4.69, 9.17) is 4.98 Å². The molecule has 136 valence electrons. The fourth-order valence-corrected chi connectivity index (χ4v) is 3.33. The first-order valence-electron chi connectivity index (χ1n) is 8.72. The van der Waals surface area contributed by atoms with Crippen molar-refractivity contribution in [3.05, 3.63) is 89.4 Å². The summed E-state index contributed by atoms with van der Waals surface area (Å²) in [5, 5.41) is 0.823. The van der Waals surface area contributed by atoms with Crippen LogP contribution in [0.5, 0.6) is 0 Å². The van der Waals surface area contributed by atoms with Crippen molar-refractivity contribution in [2.75, 3.05) is 13.1 Å². The summed E-state index contributed by atoms with van der Waals surface area (Å²) in [6, 6.07) is 15.8. The van der Waals surface area contributed by atoms with Crippen molar-refractivity contribution in [1.82, 2.24) is 9.88 Å². The zero-order valence-electron chi connectivity index (χ0n) is 15.3. The molecule has 4 heteroatoms. The average molecular weight is 421 g/mol. The van der Waals surface area contributed by atoms with Gasteiger partial charge in [0.05, 0.1) is 16.8 Å². The highest BCUT2D eigenvalue weighted by Crippen LogP contribution is 2.28. The topological polar surface area (TPSA) is 33.2 Å². The summed E-state index contributed by atoms with van der Waals surface area (Å²) >= 11 is 3.50. The van der Waals surface area contributed by atoms with Crippen LogP contribution in [0.25, 0.3) is 22.2 Å². The van der Waals surface area contributed by atoms with Crippen LogP contribution in [-0.4, -0.2) is 28.9 Å². The molecule has 0 bridgehead atoms. The summed E-state index contributed by atoms with van der Waals surface area (Å²) in [5.74, 6) is -0.0614. The molecule has 0 N–H and O–H groups in total. The molecule has 27 heavy (non-hydrogen) atoms. The number of hydrogen-bond acceptors (Lipinski definition) is 2. The van der Waals surface area contributed by atoms with Gasteiger partial charge in [-0.3, -0.25) is 4.79 Å². The van der Waals surface area contributed by atoms with E-state index in [9.17, 15) is 4.79 Å². The molecule has 1 heterocycles. The van der Waals surface area contributed by atoms with Gasteiger partial charge in [-0.2, -0.15) is 0 Å². The van der Waals surface area contributed by atoms with Gasteiger partial charge in [0, 0.05) is 28.5 Å². The van der Waals surface area contributed by atoms with Crippen molar-refractivity contribution in [3.63, 3.8) is 0 Å². The van der Waals surface area contributed by atoms with E-state index < -0.39 is 0 Å². The highest BCUT2D eigenvalue weighted by molar-refractivity contribution is 9.10. The lowest BCUT2D eigenvalue weighted by Gasteiger charge is -2.21. The van der Waals surface area contributed by atoms with Gasteiger partial charge in [-0.1, -0.05) is 57.9 Å². The van der Waals surface area contributed by atoms with Gasteiger partial charge < -0.3 is 4.90 Å². The molecular formula is C23H21BrN2O. The largest absolute Gasteiger partial charge is 0.331 e. The maximum Gasteiger partial charge on any atom is 0.255 e. The number of aromatic nitrogens is 1. The SMILES string of the molecule is C=CCN(CC=C)C(=O)c1cc(-c2ccc(C)cc2)nc2ccc(Br)cc12. The van der Waals surface area contributed by atoms with Crippen molar-refractivity contribution in [1.29, 1.82) is 0 Å². The van der Waals surface area contributed by atoms with E-state index in [1.54, 1.807) is 17.1 Å². The van der Waals surface area contributed by atoms with Gasteiger partial charge in [-0.15, -0.1) is 13.2 Å². The highest BCUT2D eigenvalue weighted by atomic mass is 79.9. The predicted octanol–water partition coefficient (Wildman–Crippen LogP) is 5.79. The molecule has 0 aliphatic rings. The number of fused-ring (bicyclic) bond motifs is 1. The second-order valence-electron chi connectivity index (χ2n) is 6.37. The van der Waals surface area contributed by atoms with E-state index in [2.05, 4.69) is 29.1 Å². The third-order valence-electron chi connectivity index (χ3n) is 4.33. The van der Waals surface area contributed by atoms with Gasteiger partial charge in [0.25, 0.3) is 5.91 Å². The number of nitrogens with zero attached hydrogens (tertiary/aromatic N) is 2. The Morgan fingerprint density at radius 3 is 2.37 bits per heavy atom. The van der Waals surface area contributed by atoms with E-state index in [-0.39, 0.29) is 5.91 Å². The Kier molecular flexibility index (Phi) is 5.87. The smallest absolute Gasteiger partial charge is 0.255 e. The van der Waals surface area contributed by atoms with Crippen LogP contribution in [0.15, 0.2) is 78.3 Å². The number of pyridine rings is 1. The van der Waals surface area contributed by atoms with Gasteiger partial charge >= 0.3 is 0 Å². The van der Waals surface area contributed by atoms with Crippen LogP contribution in [0.1, 0.15) is 15.9 Å². The fraction of sp³-hybridized carbons (Fsp3) is 0.130. The molecule has 3 nitrogen and oxygen atoms in total. The van der Waals surface area contributed by atoms with Crippen LogP contribution in [-0.2, 0) is 0 Å². The standard InChI is InChI=1S/C23H21BrN2O/c1-4-12-26(13-5-2)23(27)20-15-22(17-8-6-16(3)7-9-17)25-21-11-10-18(24)14-19(20)21/h4-11,14-15H,1-2,12-13H2,3H3. The molecule has 0 spiro atoms. The number of carbonyl (C=O) groups excluding carboxylic acids is 1. The number of halogens is 1. The van der Waals surface area contributed by atoms with E-state index in [0.717, 1.165) is 26.6 Å². The van der Waals surface area contributed by atoms with Crippen molar-refractivity contribution in [2.24, 2.45) is 0 Å². The molecule has 0 fully saturated rings. The van der Waals surface area contributed by atoms with Gasteiger partial charge in [-0.05, 0) is 31.2 Å². The molecular weight excluding hydrogens is 400 g/mol. The van der Waals surface area contributed by atoms with Crippen molar-refractivity contribution in [3.8, 4) is 11.3 Å². The lowest BCUT2D eigenvalue weighted by molar-refractivity contribution is 0.0793. The highest BCUT2D eigenvalue weighted by Gasteiger charge is 2.19. The first-order valence-corrected chi connectivity index (χ1v) is 9.51. The van der Waals surface area contributed by atoms with Crippen LogP contribution in [0.2, 0.25) is 0 Å². The van der Waals surface area contributed by atoms with E-state index >= 15 is 0 Å². The number of amides is 1. The molecule has 0 unspecified atom stereocenters. The Hall–Kier alpha value is -2.72. The van der Waals surface area contributed by atoms with Crippen LogP contribution >= 0.6 is 15.9 Å². The molecule has 3 rings (SSSR count). The summed E-state index contributed by atoms with van der Waals surface area (Å²) in [7, 11) is 0. The summed E-state index contributed by atoms with van der Waals surface area (Å²) in [4.78, 5) is 19.8. The minimum absolute atomic E-state index is 0.0614. The first kappa shape index (κ1) is 19.1. The summed E-state index contributed by atoms with van der Waals surface area (Å²) < 4.78 is 0.910. The molecule has 0 atom stereocenters. The number of benzene rings is 2. The number of rotatable bonds is 6. The van der Waals surface area contributed by atoms with Crippen molar-refractivity contribution < 1.29 is 4.79 Å². The maximum atomic E-state index is 13.3. The van der Waals surface area contributed by atoms with Gasteiger partial charge in [0.2, 0.25) is 0 Å². The van der Waals surface area contributed by atoms with Crippen LogP contribution in [0.3, 0.4) is 0 Å². The van der Waals surface area contributed by atoms with Gasteiger partial charge in [0.1, 0.15) is 0 Å². The van der Waals surface area contributed by atoms with E-state index in [0.29, 0.717) is 18.7 Å². The molecule has 3 aromatic rings. The first-order chi connectivity index (χ1) is 13.0. The third-order valence-corrected chi connectivity index (χ3v) is 4.83. The summed E-state index contributed by atoms with van der Waals surface area (Å²) in [5.41, 5.74) is 4.36. The third kappa shape index (κ3) is 4.17. The van der Waals surface area contributed by atoms with Crippen molar-refractivity contribution in [2.45, 2.75) is 6.92 Å². The lowest BCUT2D eigenvalue weighted by atomic mass is 10.0. The Morgan fingerprint density at radius 1 is 1.07 bits per heavy atom. The molecule has 0 radical (unpaired) electrons. The quantitative estimate of drug-likeness (QED) is 0.473. The average Bonchev–Trinajstić information content (AvgIpc) is 2.67. The summed E-state index contributed by atoms with van der Waals surface area (Å²) in [6.45, 7) is 10.5. The number of aryl methyl sites for hydroxylation is 1. The fourth-order valence-electron chi connectivity index (χ4n) is 2.97. The maximum absolute atomic E-state index is 13.3. The number of hydrogen-bond donors (Lipinski definition) is 0. The van der Waals surface area contributed by atoms with Crippen LogP contribution < -0.4 is 0 Å². The lowest BCUT2D eigenvalue weighted by Crippen LogP contribution is -2.31. The summed E-state index contributed by atoms with van der Waals surface area (Å²) in [6.07, 6.45) is 3.45. The van der Waals surface area contributed by atoms with E-state index in [1.807, 2.05) is 55.5 Å². The molecule has 0 saturated heterocycles. The second kappa shape index (κ2) is 8.31. The molecule has 2 aromatic carbocycles. The van der Waals surface area contributed by atoms with E-state index in [1.165, 1.54) is 5.56 Å². The Balaban J connectivity index is 2.20. The normalized spacial score (nSPS) is 10.6. The molecule has 0 aliphatic carbocycles. The van der Waals surface area contributed by atoms with Crippen LogP contribution in [0.4, 0.5) is 0 Å². The zero-order valence-corrected chi connectivity index (χ0v) is 16.9. The van der Waals surface area contributed by atoms with Crippen molar-refractivity contribution >= 4 is 32.7 Å². The Labute approximate surface area is 168 Å². The Morgan fingerprint density at radius 2 is 1.74 bits per heavy atom. The second-order valence-corrected chi connectivity index (χ2v) is 7.29.